The molecule has 0 aromatic carbocycles. The third kappa shape index (κ3) is 2.54. The van der Waals surface area contributed by atoms with Crippen LogP contribution in [0.25, 0.3) is 0 Å². The van der Waals surface area contributed by atoms with E-state index in [9.17, 15) is 0 Å². The summed E-state index contributed by atoms with van der Waals surface area (Å²) in [5.74, 6) is 0. The molecule has 0 aromatic rings. The van der Waals surface area contributed by atoms with Gasteiger partial charge in [-0.25, -0.2) is 0 Å². The number of rotatable bonds is 1. The van der Waals surface area contributed by atoms with Crippen LogP contribution < -0.4 is 5.73 Å². The van der Waals surface area contributed by atoms with Crippen molar-refractivity contribution in [3.63, 3.8) is 0 Å². The standard InChI is InChI=1S/C13H26N2/c1-10-5-3-6-11(2)15(10)13-8-4-7-12(14)9-13/h10-13H,3-9,14H2,1-2H3/t10-,11+,12?,13?. The summed E-state index contributed by atoms with van der Waals surface area (Å²) in [5, 5.41) is 0. The van der Waals surface area contributed by atoms with Gasteiger partial charge < -0.3 is 5.73 Å². The molecule has 2 nitrogen and oxygen atoms in total. The zero-order valence-corrected chi connectivity index (χ0v) is 10.3. The Labute approximate surface area is 94.2 Å². The number of nitrogens with zero attached hydrogens (tertiary/aromatic N) is 1. The van der Waals surface area contributed by atoms with Crippen molar-refractivity contribution < 1.29 is 0 Å². The maximum absolute atomic E-state index is 6.10. The second-order valence-electron chi connectivity index (χ2n) is 5.66. The van der Waals surface area contributed by atoms with E-state index >= 15 is 0 Å². The highest BCUT2D eigenvalue weighted by Gasteiger charge is 2.33. The fraction of sp³-hybridized carbons (Fsp3) is 1.00. The van der Waals surface area contributed by atoms with Crippen LogP contribution in [0.15, 0.2) is 0 Å². The normalized spacial score (nSPS) is 44.2. The molecule has 1 aliphatic carbocycles. The highest BCUT2D eigenvalue weighted by atomic mass is 15.2. The SMILES string of the molecule is C[C@@H]1CCC[C@H](C)N1C1CCCC(N)C1. The molecule has 2 fully saturated rings. The zero-order valence-electron chi connectivity index (χ0n) is 10.3. The van der Waals surface area contributed by atoms with Crippen molar-refractivity contribution in [2.75, 3.05) is 0 Å². The van der Waals surface area contributed by atoms with Gasteiger partial charge in [0.05, 0.1) is 0 Å². The van der Waals surface area contributed by atoms with E-state index in [1.54, 1.807) is 0 Å². The van der Waals surface area contributed by atoms with E-state index in [2.05, 4.69) is 18.7 Å². The smallest absolute Gasteiger partial charge is 0.0116 e. The minimum Gasteiger partial charge on any atom is -0.328 e. The van der Waals surface area contributed by atoms with Crippen LogP contribution in [0.2, 0.25) is 0 Å². The van der Waals surface area contributed by atoms with Gasteiger partial charge in [-0.2, -0.15) is 0 Å². The highest BCUT2D eigenvalue weighted by molar-refractivity contribution is 4.89. The molecular weight excluding hydrogens is 184 g/mol. The fourth-order valence-electron chi connectivity index (χ4n) is 3.63. The van der Waals surface area contributed by atoms with Gasteiger partial charge in [0.15, 0.2) is 0 Å². The van der Waals surface area contributed by atoms with Crippen molar-refractivity contribution in [2.45, 2.75) is 83.0 Å². The first kappa shape index (κ1) is 11.4. The van der Waals surface area contributed by atoms with Crippen LogP contribution in [0, 0.1) is 0 Å². The minimum absolute atomic E-state index is 0.463. The molecule has 2 unspecified atom stereocenters. The average molecular weight is 210 g/mol. The van der Waals surface area contributed by atoms with Crippen molar-refractivity contribution in [3.8, 4) is 0 Å². The van der Waals surface area contributed by atoms with Crippen molar-refractivity contribution >= 4 is 0 Å². The summed E-state index contributed by atoms with van der Waals surface area (Å²) in [5.41, 5.74) is 6.10. The van der Waals surface area contributed by atoms with Crippen LogP contribution in [-0.4, -0.2) is 29.1 Å². The van der Waals surface area contributed by atoms with Gasteiger partial charge in [-0.05, 0) is 46.0 Å². The van der Waals surface area contributed by atoms with Gasteiger partial charge in [-0.3, -0.25) is 4.90 Å². The number of nitrogens with two attached hydrogens (primary N) is 1. The first-order valence-corrected chi connectivity index (χ1v) is 6.71. The van der Waals surface area contributed by atoms with E-state index in [-0.39, 0.29) is 0 Å². The summed E-state index contributed by atoms with van der Waals surface area (Å²) in [6.45, 7) is 4.80. The predicted molar refractivity (Wildman–Crippen MR) is 64.8 cm³/mol. The molecule has 1 saturated heterocycles. The summed E-state index contributed by atoms with van der Waals surface area (Å²) in [6, 6.07) is 2.80. The molecule has 2 rings (SSSR count). The topological polar surface area (TPSA) is 29.3 Å². The Balaban J connectivity index is 1.99. The molecule has 1 heterocycles. The lowest BCUT2D eigenvalue weighted by Gasteiger charge is -2.46. The van der Waals surface area contributed by atoms with Gasteiger partial charge in [0.25, 0.3) is 0 Å². The van der Waals surface area contributed by atoms with E-state index in [0.717, 1.165) is 18.1 Å². The second-order valence-corrected chi connectivity index (χ2v) is 5.66. The Kier molecular flexibility index (Phi) is 3.68. The van der Waals surface area contributed by atoms with E-state index in [0.29, 0.717) is 6.04 Å². The van der Waals surface area contributed by atoms with Crippen molar-refractivity contribution in [2.24, 2.45) is 5.73 Å². The molecule has 0 aromatic heterocycles. The van der Waals surface area contributed by atoms with Gasteiger partial charge in [-0.15, -0.1) is 0 Å². The molecule has 15 heavy (non-hydrogen) atoms. The first-order chi connectivity index (χ1) is 7.18. The van der Waals surface area contributed by atoms with Gasteiger partial charge >= 0.3 is 0 Å². The summed E-state index contributed by atoms with van der Waals surface area (Å²) >= 11 is 0. The van der Waals surface area contributed by atoms with Gasteiger partial charge in [-0.1, -0.05) is 12.8 Å². The summed E-state index contributed by atoms with van der Waals surface area (Å²) in [7, 11) is 0. The van der Waals surface area contributed by atoms with Crippen LogP contribution in [0.3, 0.4) is 0 Å². The highest BCUT2D eigenvalue weighted by Crippen LogP contribution is 2.31. The summed E-state index contributed by atoms with van der Waals surface area (Å²) < 4.78 is 0. The molecule has 1 aliphatic heterocycles. The lowest BCUT2D eigenvalue weighted by atomic mass is 9.86. The fourth-order valence-corrected chi connectivity index (χ4v) is 3.63. The average Bonchev–Trinajstić information content (AvgIpc) is 2.17. The Morgan fingerprint density at radius 2 is 1.53 bits per heavy atom. The number of hydrogen-bond donors (Lipinski definition) is 1. The molecule has 2 heteroatoms. The van der Waals surface area contributed by atoms with Gasteiger partial charge in [0, 0.05) is 24.2 Å². The summed E-state index contributed by atoms with van der Waals surface area (Å²) in [4.78, 5) is 2.77. The molecule has 2 N–H and O–H groups in total. The molecular formula is C13H26N2. The number of hydrogen-bond acceptors (Lipinski definition) is 2. The van der Waals surface area contributed by atoms with Crippen LogP contribution >= 0.6 is 0 Å². The molecule has 0 spiro atoms. The maximum Gasteiger partial charge on any atom is 0.0116 e. The van der Waals surface area contributed by atoms with Crippen LogP contribution in [-0.2, 0) is 0 Å². The number of likely N-dealkylation sites (tertiary alicyclic amines) is 1. The maximum atomic E-state index is 6.10. The van der Waals surface area contributed by atoms with Crippen LogP contribution in [0.1, 0.15) is 58.8 Å². The van der Waals surface area contributed by atoms with Crippen molar-refractivity contribution in [1.82, 2.24) is 4.90 Å². The Hall–Kier alpha value is -0.0800. The Morgan fingerprint density at radius 1 is 0.933 bits per heavy atom. The third-order valence-corrected chi connectivity index (χ3v) is 4.37. The number of piperidine rings is 1. The largest absolute Gasteiger partial charge is 0.328 e. The van der Waals surface area contributed by atoms with E-state index in [1.165, 1.54) is 44.9 Å². The Morgan fingerprint density at radius 3 is 2.13 bits per heavy atom. The van der Waals surface area contributed by atoms with Crippen molar-refractivity contribution in [3.05, 3.63) is 0 Å². The molecule has 1 saturated carbocycles. The van der Waals surface area contributed by atoms with Crippen molar-refractivity contribution in [1.29, 1.82) is 0 Å². The Bertz CT molecular complexity index is 195. The third-order valence-electron chi connectivity index (χ3n) is 4.37. The predicted octanol–water partition coefficient (Wildman–Crippen LogP) is 2.52. The molecule has 0 radical (unpaired) electrons. The zero-order chi connectivity index (χ0) is 10.8. The lowest BCUT2D eigenvalue weighted by Crippen LogP contribution is -2.52. The van der Waals surface area contributed by atoms with E-state index in [1.807, 2.05) is 0 Å². The first-order valence-electron chi connectivity index (χ1n) is 6.71. The summed E-state index contributed by atoms with van der Waals surface area (Å²) in [6.07, 6.45) is 9.37. The quantitative estimate of drug-likeness (QED) is 0.720. The molecule has 4 atom stereocenters. The van der Waals surface area contributed by atoms with E-state index in [4.69, 9.17) is 5.73 Å². The molecule has 2 aliphatic rings. The second kappa shape index (κ2) is 4.84. The molecule has 0 amide bonds. The van der Waals surface area contributed by atoms with Gasteiger partial charge in [0.2, 0.25) is 0 Å². The minimum atomic E-state index is 0.463. The van der Waals surface area contributed by atoms with Crippen LogP contribution in [0.5, 0.6) is 0 Å². The van der Waals surface area contributed by atoms with E-state index < -0.39 is 0 Å². The molecule has 88 valence electrons. The molecule has 0 bridgehead atoms. The van der Waals surface area contributed by atoms with Crippen LogP contribution in [0.4, 0.5) is 0 Å². The van der Waals surface area contributed by atoms with Gasteiger partial charge in [0.1, 0.15) is 0 Å². The monoisotopic (exact) mass is 210 g/mol. The lowest BCUT2D eigenvalue weighted by molar-refractivity contribution is 0.0339.